The normalized spacial score (nSPS) is 28.9. The van der Waals surface area contributed by atoms with Crippen LogP contribution in [0.1, 0.15) is 26.3 Å². The molecule has 0 radical (unpaired) electrons. The van der Waals surface area contributed by atoms with Gasteiger partial charge in [0, 0.05) is 19.6 Å². The van der Waals surface area contributed by atoms with E-state index in [0.29, 0.717) is 12.2 Å². The molecule has 1 heterocycles. The van der Waals surface area contributed by atoms with Crippen LogP contribution in [-0.2, 0) is 10.3 Å². The molecule has 0 amide bonds. The first-order chi connectivity index (χ1) is 8.47. The van der Waals surface area contributed by atoms with Gasteiger partial charge in [-0.05, 0) is 26.3 Å². The summed E-state index contributed by atoms with van der Waals surface area (Å²) in [6.45, 7) is 9.15. The van der Waals surface area contributed by atoms with Crippen LogP contribution >= 0.6 is 0 Å². The van der Waals surface area contributed by atoms with Crippen LogP contribution in [0.3, 0.4) is 0 Å². The summed E-state index contributed by atoms with van der Waals surface area (Å²) in [6, 6.07) is 10.3. The summed E-state index contributed by atoms with van der Waals surface area (Å²) in [4.78, 5) is 2.41. The molecule has 0 bridgehead atoms. The van der Waals surface area contributed by atoms with E-state index in [-0.39, 0.29) is 5.54 Å². The highest BCUT2D eigenvalue weighted by Gasteiger charge is 2.29. The van der Waals surface area contributed by atoms with Crippen LogP contribution in [0.2, 0.25) is 0 Å². The molecule has 0 spiro atoms. The molecule has 18 heavy (non-hydrogen) atoms. The van der Waals surface area contributed by atoms with Crippen molar-refractivity contribution in [3.8, 4) is 0 Å². The zero-order valence-corrected chi connectivity index (χ0v) is 11.6. The predicted octanol–water partition coefficient (Wildman–Crippen LogP) is 1.97. The van der Waals surface area contributed by atoms with E-state index in [1.54, 1.807) is 0 Å². The van der Waals surface area contributed by atoms with E-state index in [1.807, 2.05) is 18.2 Å². The van der Waals surface area contributed by atoms with E-state index in [1.165, 1.54) is 5.56 Å². The van der Waals surface area contributed by atoms with E-state index in [9.17, 15) is 0 Å². The van der Waals surface area contributed by atoms with Crippen molar-refractivity contribution in [2.75, 3.05) is 19.6 Å². The monoisotopic (exact) mass is 248 g/mol. The Morgan fingerprint density at radius 3 is 2.33 bits per heavy atom. The number of nitrogens with zero attached hydrogens (tertiary/aromatic N) is 1. The Hall–Kier alpha value is -0.900. The van der Waals surface area contributed by atoms with Crippen LogP contribution in [0.5, 0.6) is 0 Å². The second-order valence-corrected chi connectivity index (χ2v) is 5.73. The van der Waals surface area contributed by atoms with Crippen molar-refractivity contribution in [2.24, 2.45) is 5.73 Å². The molecule has 3 nitrogen and oxygen atoms in total. The second-order valence-electron chi connectivity index (χ2n) is 5.73. The maximum Gasteiger partial charge on any atom is 0.0678 e. The largest absolute Gasteiger partial charge is 0.373 e. The Bertz CT molecular complexity index is 367. The third kappa shape index (κ3) is 3.31. The number of rotatable bonds is 3. The lowest BCUT2D eigenvalue weighted by Gasteiger charge is -2.39. The maximum atomic E-state index is 6.48. The molecular weight excluding hydrogens is 224 g/mol. The Morgan fingerprint density at radius 2 is 1.78 bits per heavy atom. The van der Waals surface area contributed by atoms with Crippen molar-refractivity contribution in [2.45, 2.75) is 38.5 Å². The van der Waals surface area contributed by atoms with Crippen molar-refractivity contribution >= 4 is 0 Å². The zero-order valence-electron chi connectivity index (χ0n) is 11.6. The number of ether oxygens (including phenoxy) is 1. The van der Waals surface area contributed by atoms with Gasteiger partial charge < -0.3 is 10.5 Å². The Labute approximate surface area is 110 Å². The number of hydrogen-bond acceptors (Lipinski definition) is 3. The fraction of sp³-hybridized carbons (Fsp3) is 0.600. The molecule has 2 N–H and O–H groups in total. The van der Waals surface area contributed by atoms with Gasteiger partial charge in [0.1, 0.15) is 0 Å². The average Bonchev–Trinajstić information content (AvgIpc) is 2.28. The smallest absolute Gasteiger partial charge is 0.0678 e. The predicted molar refractivity (Wildman–Crippen MR) is 74.4 cm³/mol. The Balaban J connectivity index is 2.04. The van der Waals surface area contributed by atoms with Gasteiger partial charge in [0.15, 0.2) is 0 Å². The third-order valence-electron chi connectivity index (χ3n) is 3.48. The Morgan fingerprint density at radius 1 is 1.22 bits per heavy atom. The van der Waals surface area contributed by atoms with E-state index < -0.39 is 0 Å². The molecule has 1 fully saturated rings. The summed E-state index contributed by atoms with van der Waals surface area (Å²) < 4.78 is 5.75. The minimum Gasteiger partial charge on any atom is -0.373 e. The van der Waals surface area contributed by atoms with Crippen molar-refractivity contribution in [1.82, 2.24) is 4.90 Å². The fourth-order valence-corrected chi connectivity index (χ4v) is 2.79. The molecular formula is C15H24N2O. The molecule has 0 aromatic heterocycles. The van der Waals surface area contributed by atoms with Crippen LogP contribution in [0.15, 0.2) is 30.3 Å². The molecule has 1 aromatic rings. The van der Waals surface area contributed by atoms with Crippen LogP contribution in [0.25, 0.3) is 0 Å². The lowest BCUT2D eigenvalue weighted by atomic mass is 9.92. The minimum atomic E-state index is -0.307. The van der Waals surface area contributed by atoms with E-state index in [2.05, 4.69) is 37.8 Å². The molecule has 2 rings (SSSR count). The highest BCUT2D eigenvalue weighted by Crippen LogP contribution is 2.21. The molecule has 3 unspecified atom stereocenters. The minimum absolute atomic E-state index is 0.292. The van der Waals surface area contributed by atoms with Crippen molar-refractivity contribution in [3.63, 3.8) is 0 Å². The van der Waals surface area contributed by atoms with Crippen LogP contribution < -0.4 is 5.73 Å². The summed E-state index contributed by atoms with van der Waals surface area (Å²) in [7, 11) is 0. The molecule has 1 saturated heterocycles. The van der Waals surface area contributed by atoms with Crippen molar-refractivity contribution < 1.29 is 4.74 Å². The van der Waals surface area contributed by atoms with Gasteiger partial charge in [-0.25, -0.2) is 0 Å². The molecule has 0 saturated carbocycles. The molecule has 1 aliphatic heterocycles. The summed E-state index contributed by atoms with van der Waals surface area (Å²) in [5.41, 5.74) is 7.36. The van der Waals surface area contributed by atoms with E-state index in [4.69, 9.17) is 10.5 Å². The van der Waals surface area contributed by atoms with Gasteiger partial charge >= 0.3 is 0 Å². The second kappa shape index (κ2) is 5.39. The molecule has 1 aromatic carbocycles. The number of nitrogens with two attached hydrogens (primary N) is 1. The van der Waals surface area contributed by atoms with Gasteiger partial charge in [-0.1, -0.05) is 30.3 Å². The van der Waals surface area contributed by atoms with E-state index >= 15 is 0 Å². The lowest BCUT2D eigenvalue weighted by Crippen LogP contribution is -2.52. The van der Waals surface area contributed by atoms with Gasteiger partial charge in [0.2, 0.25) is 0 Å². The number of hydrogen-bond donors (Lipinski definition) is 1. The summed E-state index contributed by atoms with van der Waals surface area (Å²) in [6.07, 6.45) is 0.584. The quantitative estimate of drug-likeness (QED) is 0.889. The summed E-state index contributed by atoms with van der Waals surface area (Å²) >= 11 is 0. The summed E-state index contributed by atoms with van der Waals surface area (Å²) in [5.74, 6) is 0. The molecule has 3 heteroatoms. The van der Waals surface area contributed by atoms with Crippen LogP contribution in [0.4, 0.5) is 0 Å². The fourth-order valence-electron chi connectivity index (χ4n) is 2.79. The van der Waals surface area contributed by atoms with Gasteiger partial charge in [-0.2, -0.15) is 0 Å². The highest BCUT2D eigenvalue weighted by molar-refractivity contribution is 5.23. The molecule has 1 aliphatic rings. The topological polar surface area (TPSA) is 38.5 Å². The molecule has 0 aliphatic carbocycles. The first kappa shape index (κ1) is 13.5. The van der Waals surface area contributed by atoms with Crippen LogP contribution in [0, 0.1) is 0 Å². The average molecular weight is 248 g/mol. The first-order valence-electron chi connectivity index (χ1n) is 6.69. The number of benzene rings is 1. The standard InChI is InChI=1S/C15H24N2O/c1-12-9-17(10-13(2)18-12)11-15(3,16)14-7-5-4-6-8-14/h4-8,12-13H,9-11,16H2,1-3H3. The molecule has 3 atom stereocenters. The highest BCUT2D eigenvalue weighted by atomic mass is 16.5. The lowest BCUT2D eigenvalue weighted by molar-refractivity contribution is -0.0723. The van der Waals surface area contributed by atoms with Gasteiger partial charge in [0.05, 0.1) is 17.7 Å². The SMILES string of the molecule is CC1CN(CC(C)(N)c2ccccc2)CC(C)O1. The van der Waals surface area contributed by atoms with Crippen molar-refractivity contribution in [3.05, 3.63) is 35.9 Å². The van der Waals surface area contributed by atoms with E-state index in [0.717, 1.165) is 19.6 Å². The first-order valence-corrected chi connectivity index (χ1v) is 6.69. The van der Waals surface area contributed by atoms with Gasteiger partial charge in [-0.15, -0.1) is 0 Å². The molecule has 100 valence electrons. The summed E-state index contributed by atoms with van der Waals surface area (Å²) in [5, 5.41) is 0. The maximum absolute atomic E-state index is 6.48. The van der Waals surface area contributed by atoms with Gasteiger partial charge in [0.25, 0.3) is 0 Å². The third-order valence-corrected chi connectivity index (χ3v) is 3.48. The Kier molecular flexibility index (Phi) is 4.05. The zero-order chi connectivity index (χ0) is 13.2. The van der Waals surface area contributed by atoms with Crippen LogP contribution in [-0.4, -0.2) is 36.7 Å². The number of morpholine rings is 1. The van der Waals surface area contributed by atoms with Gasteiger partial charge in [-0.3, -0.25) is 4.90 Å². The van der Waals surface area contributed by atoms with Crippen molar-refractivity contribution in [1.29, 1.82) is 0 Å².